The minimum atomic E-state index is -0.224. The Balaban J connectivity index is 1.44. The molecule has 8 nitrogen and oxygen atoms in total. The fourth-order valence-electron chi connectivity index (χ4n) is 4.10. The van der Waals surface area contributed by atoms with E-state index < -0.39 is 0 Å². The quantitative estimate of drug-likeness (QED) is 0.504. The van der Waals surface area contributed by atoms with Crippen LogP contribution in [0.25, 0.3) is 10.9 Å². The number of carbonyl (C=O) groups is 2. The van der Waals surface area contributed by atoms with Crippen molar-refractivity contribution in [1.82, 2.24) is 19.9 Å². The van der Waals surface area contributed by atoms with Gasteiger partial charge in [0.1, 0.15) is 0 Å². The first-order valence-electron chi connectivity index (χ1n) is 10.3. The molecule has 3 aromatic heterocycles. The number of benzene rings is 1. The Kier molecular flexibility index (Phi) is 5.18. The highest BCUT2D eigenvalue weighted by atomic mass is 32.1. The number of aromatic nitrogens is 3. The molecule has 162 valence electrons. The number of hydrogen-bond donors (Lipinski definition) is 1. The van der Waals surface area contributed by atoms with Crippen molar-refractivity contribution in [2.45, 2.75) is 26.2 Å². The van der Waals surface area contributed by atoms with Crippen LogP contribution in [0, 0.1) is 13.8 Å². The van der Waals surface area contributed by atoms with Crippen LogP contribution in [0.5, 0.6) is 0 Å². The Bertz CT molecular complexity index is 1310. The maximum Gasteiger partial charge on any atom is 0.291 e. The summed E-state index contributed by atoms with van der Waals surface area (Å²) in [5, 5.41) is 6.01. The first-order chi connectivity index (χ1) is 15.5. The maximum atomic E-state index is 13.0. The van der Waals surface area contributed by atoms with Crippen molar-refractivity contribution in [3.05, 3.63) is 70.5 Å². The lowest BCUT2D eigenvalue weighted by atomic mass is 9.99. The average Bonchev–Trinajstić information content (AvgIpc) is 3.54. The normalized spacial score (nSPS) is 15.9. The Morgan fingerprint density at radius 1 is 1.22 bits per heavy atom. The number of anilines is 1. The summed E-state index contributed by atoms with van der Waals surface area (Å²) in [6, 6.07) is 9.43. The lowest BCUT2D eigenvalue weighted by Gasteiger charge is -2.16. The third-order valence-electron chi connectivity index (χ3n) is 5.62. The highest BCUT2D eigenvalue weighted by molar-refractivity contribution is 7.13. The Morgan fingerprint density at radius 3 is 2.81 bits per heavy atom. The summed E-state index contributed by atoms with van der Waals surface area (Å²) in [4.78, 5) is 40.9. The van der Waals surface area contributed by atoms with Crippen LogP contribution >= 0.6 is 11.3 Å². The summed E-state index contributed by atoms with van der Waals surface area (Å²) in [6.45, 7) is 4.61. The molecule has 9 heteroatoms. The molecule has 4 heterocycles. The van der Waals surface area contributed by atoms with Crippen molar-refractivity contribution >= 4 is 39.2 Å². The lowest BCUT2D eigenvalue weighted by Crippen LogP contribution is -2.28. The van der Waals surface area contributed by atoms with Crippen molar-refractivity contribution in [3.63, 3.8) is 0 Å². The number of fused-ring (bicyclic) bond motifs is 1. The second-order valence-corrected chi connectivity index (χ2v) is 8.68. The molecular weight excluding hydrogens is 426 g/mol. The van der Waals surface area contributed by atoms with Crippen LogP contribution < -0.4 is 5.32 Å². The van der Waals surface area contributed by atoms with Gasteiger partial charge in [-0.1, -0.05) is 18.2 Å². The number of amides is 2. The predicted octanol–water partition coefficient (Wildman–Crippen LogP) is 4.18. The number of nitrogens with zero attached hydrogens (tertiary/aromatic N) is 4. The molecule has 1 saturated heterocycles. The van der Waals surface area contributed by atoms with Gasteiger partial charge in [0.25, 0.3) is 11.8 Å². The molecule has 32 heavy (non-hydrogen) atoms. The van der Waals surface area contributed by atoms with Crippen molar-refractivity contribution in [3.8, 4) is 0 Å². The molecule has 1 unspecified atom stereocenters. The zero-order valence-corrected chi connectivity index (χ0v) is 18.5. The summed E-state index contributed by atoms with van der Waals surface area (Å²) in [5.74, 6) is 0.415. The SMILES string of the molecule is Cc1nc(C)c(C(=O)N2CCC(c3cc(C(=O)Nc4nccs4)c4ccccc4n3)C2)o1. The molecule has 1 N–H and O–H groups in total. The van der Waals surface area contributed by atoms with Crippen molar-refractivity contribution in [1.29, 1.82) is 0 Å². The summed E-state index contributed by atoms with van der Waals surface area (Å²) >= 11 is 1.37. The largest absolute Gasteiger partial charge is 0.436 e. The second kappa shape index (κ2) is 8.16. The van der Waals surface area contributed by atoms with Crippen molar-refractivity contribution in [2.75, 3.05) is 18.4 Å². The number of para-hydroxylation sites is 1. The van der Waals surface area contributed by atoms with E-state index in [1.54, 1.807) is 24.9 Å². The molecule has 1 aliphatic rings. The Labute approximate surface area is 188 Å². The van der Waals surface area contributed by atoms with E-state index in [1.807, 2.05) is 35.7 Å². The first kappa shape index (κ1) is 20.3. The number of nitrogens with one attached hydrogen (secondary N) is 1. The maximum absolute atomic E-state index is 13.0. The number of likely N-dealkylation sites (tertiary alicyclic amines) is 1. The summed E-state index contributed by atoms with van der Waals surface area (Å²) in [5.41, 5.74) is 2.70. The van der Waals surface area contributed by atoms with Gasteiger partial charge >= 0.3 is 0 Å². The zero-order chi connectivity index (χ0) is 22.2. The van der Waals surface area contributed by atoms with E-state index >= 15 is 0 Å². The highest BCUT2D eigenvalue weighted by Gasteiger charge is 2.32. The summed E-state index contributed by atoms with van der Waals surface area (Å²) in [7, 11) is 0. The van der Waals surface area contributed by atoms with Gasteiger partial charge in [0.2, 0.25) is 5.76 Å². The van der Waals surface area contributed by atoms with E-state index in [4.69, 9.17) is 9.40 Å². The average molecular weight is 448 g/mol. The molecule has 1 aromatic carbocycles. The highest BCUT2D eigenvalue weighted by Crippen LogP contribution is 2.31. The first-order valence-corrected chi connectivity index (χ1v) is 11.2. The molecule has 0 spiro atoms. The number of oxazole rings is 1. The molecule has 1 aliphatic heterocycles. The van der Waals surface area contributed by atoms with Crippen LogP contribution in [-0.2, 0) is 0 Å². The number of hydrogen-bond acceptors (Lipinski definition) is 7. The third kappa shape index (κ3) is 3.75. The minimum absolute atomic E-state index is 0.0271. The molecule has 2 amide bonds. The number of pyridine rings is 1. The molecule has 0 saturated carbocycles. The standard InChI is InChI=1S/C23H21N5O3S/c1-13-20(31-14(2)25-13)22(30)28-9-7-15(12-28)19-11-17(16-5-3-4-6-18(16)26-19)21(29)27-23-24-8-10-32-23/h3-6,8,10-11,15H,7,9,12H2,1-2H3,(H,24,27,29). The zero-order valence-electron chi connectivity index (χ0n) is 17.7. The summed E-state index contributed by atoms with van der Waals surface area (Å²) < 4.78 is 5.51. The van der Waals surface area contributed by atoms with E-state index in [2.05, 4.69) is 15.3 Å². The lowest BCUT2D eigenvalue weighted by molar-refractivity contribution is 0.0756. The topological polar surface area (TPSA) is 101 Å². The molecule has 0 aliphatic carbocycles. The van der Waals surface area contributed by atoms with Crippen LogP contribution in [-0.4, -0.2) is 44.8 Å². The van der Waals surface area contributed by atoms with Crippen LogP contribution in [0.1, 0.15) is 50.5 Å². The number of thiazole rings is 1. The molecular formula is C23H21N5O3S. The molecule has 0 radical (unpaired) electrons. The Hall–Kier alpha value is -3.59. The van der Waals surface area contributed by atoms with Crippen molar-refractivity contribution in [2.24, 2.45) is 0 Å². The number of aryl methyl sites for hydroxylation is 2. The van der Waals surface area contributed by atoms with E-state index in [0.717, 1.165) is 23.0 Å². The third-order valence-corrected chi connectivity index (χ3v) is 6.31. The minimum Gasteiger partial charge on any atom is -0.436 e. The molecule has 1 atom stereocenters. The van der Waals surface area contributed by atoms with Gasteiger partial charge in [0, 0.05) is 48.6 Å². The summed E-state index contributed by atoms with van der Waals surface area (Å²) in [6.07, 6.45) is 2.41. The number of carbonyl (C=O) groups excluding carboxylic acids is 2. The van der Waals surface area contributed by atoms with Crippen LogP contribution in [0.4, 0.5) is 5.13 Å². The monoisotopic (exact) mass is 447 g/mol. The van der Waals surface area contributed by atoms with Gasteiger partial charge in [-0.05, 0) is 25.5 Å². The Morgan fingerprint density at radius 2 is 2.06 bits per heavy atom. The smallest absolute Gasteiger partial charge is 0.291 e. The van der Waals surface area contributed by atoms with Crippen LogP contribution in [0.3, 0.4) is 0 Å². The van der Waals surface area contributed by atoms with Gasteiger partial charge in [-0.2, -0.15) is 0 Å². The van der Waals surface area contributed by atoms with Crippen molar-refractivity contribution < 1.29 is 14.0 Å². The van der Waals surface area contributed by atoms with Gasteiger partial charge in [0.05, 0.1) is 16.8 Å². The fraction of sp³-hybridized carbons (Fsp3) is 0.261. The van der Waals surface area contributed by atoms with Gasteiger partial charge in [-0.25, -0.2) is 9.97 Å². The van der Waals surface area contributed by atoms with E-state index in [-0.39, 0.29) is 23.5 Å². The molecule has 4 aromatic rings. The van der Waals surface area contributed by atoms with E-state index in [1.165, 1.54) is 11.3 Å². The fourth-order valence-corrected chi connectivity index (χ4v) is 4.63. The van der Waals surface area contributed by atoms with E-state index in [9.17, 15) is 9.59 Å². The molecule has 1 fully saturated rings. The van der Waals surface area contributed by atoms with Crippen LogP contribution in [0.2, 0.25) is 0 Å². The van der Waals surface area contributed by atoms with E-state index in [0.29, 0.717) is 35.4 Å². The van der Waals surface area contributed by atoms with Gasteiger partial charge in [-0.3, -0.25) is 19.9 Å². The molecule has 0 bridgehead atoms. The molecule has 5 rings (SSSR count). The second-order valence-electron chi connectivity index (χ2n) is 7.79. The van der Waals surface area contributed by atoms with Gasteiger partial charge < -0.3 is 9.32 Å². The van der Waals surface area contributed by atoms with Crippen LogP contribution in [0.15, 0.2) is 46.3 Å². The van der Waals surface area contributed by atoms with Gasteiger partial charge in [-0.15, -0.1) is 11.3 Å². The van der Waals surface area contributed by atoms with Gasteiger partial charge in [0.15, 0.2) is 11.0 Å². The predicted molar refractivity (Wildman–Crippen MR) is 121 cm³/mol. The number of rotatable bonds is 4.